The molecular formula is C28H35N3O5. The maximum atomic E-state index is 14.2. The Morgan fingerprint density at radius 3 is 2.64 bits per heavy atom. The average molecular weight is 494 g/mol. The van der Waals surface area contributed by atoms with E-state index in [9.17, 15) is 14.7 Å². The van der Waals surface area contributed by atoms with Crippen LogP contribution in [0.4, 0.5) is 5.69 Å². The number of rotatable bonds is 0. The highest BCUT2D eigenvalue weighted by molar-refractivity contribution is 6.09. The van der Waals surface area contributed by atoms with Crippen molar-refractivity contribution in [1.29, 1.82) is 0 Å². The number of anilines is 1. The fourth-order valence-electron chi connectivity index (χ4n) is 9.04. The maximum absolute atomic E-state index is 14.2. The maximum Gasteiger partial charge on any atom is 0.246 e. The lowest BCUT2D eigenvalue weighted by Crippen LogP contribution is -2.82. The number of ether oxygens (including phenoxy) is 2. The number of hydrogen-bond donors (Lipinski definition) is 2. The number of likely N-dealkylation sites (N-methyl/N-ethyl adjacent to an activating group) is 1. The SMILES string of the molecule is CN1C(=O)[C@@]23C[C@H]4C(C)(C)[C@@]5(C[C@@]41CN2CC[C@@]3(C)O)C(=O)Nc1c5ccc2c1OC=CC(C)(C)O2. The molecule has 5 fully saturated rings. The number of amides is 2. The first kappa shape index (κ1) is 22.6. The lowest BCUT2D eigenvalue weighted by atomic mass is 9.55. The summed E-state index contributed by atoms with van der Waals surface area (Å²) in [4.78, 5) is 32.2. The van der Waals surface area contributed by atoms with Gasteiger partial charge in [0, 0.05) is 20.1 Å². The summed E-state index contributed by atoms with van der Waals surface area (Å²) in [6, 6.07) is 3.92. The topological polar surface area (TPSA) is 91.3 Å². The summed E-state index contributed by atoms with van der Waals surface area (Å²) in [5.74, 6) is 1.10. The Balaban J connectivity index is 1.42. The summed E-state index contributed by atoms with van der Waals surface area (Å²) >= 11 is 0. The molecule has 2 N–H and O–H groups in total. The molecule has 8 heteroatoms. The van der Waals surface area contributed by atoms with E-state index in [2.05, 4.69) is 24.1 Å². The minimum absolute atomic E-state index is 0.00925. The van der Waals surface area contributed by atoms with Gasteiger partial charge in [0.2, 0.25) is 11.8 Å². The van der Waals surface area contributed by atoms with Crippen molar-refractivity contribution in [2.45, 2.75) is 81.6 Å². The number of piperidine rings is 2. The van der Waals surface area contributed by atoms with Gasteiger partial charge in [-0.15, -0.1) is 0 Å². The molecule has 0 aromatic heterocycles. The van der Waals surface area contributed by atoms with E-state index in [0.717, 1.165) is 5.56 Å². The third-order valence-corrected chi connectivity index (χ3v) is 11.0. The van der Waals surface area contributed by atoms with Gasteiger partial charge in [0.25, 0.3) is 0 Å². The second-order valence-corrected chi connectivity index (χ2v) is 13.2. The molecule has 6 heterocycles. The third-order valence-electron chi connectivity index (χ3n) is 11.0. The highest BCUT2D eigenvalue weighted by Gasteiger charge is 2.82. The Morgan fingerprint density at radius 1 is 1.14 bits per heavy atom. The van der Waals surface area contributed by atoms with Gasteiger partial charge < -0.3 is 24.8 Å². The van der Waals surface area contributed by atoms with E-state index in [1.165, 1.54) is 0 Å². The van der Waals surface area contributed by atoms with Crippen molar-refractivity contribution in [2.24, 2.45) is 11.3 Å². The van der Waals surface area contributed by atoms with Gasteiger partial charge in [-0.05, 0) is 69.1 Å². The van der Waals surface area contributed by atoms with Crippen LogP contribution in [-0.4, -0.2) is 69.1 Å². The molecule has 1 aromatic rings. The van der Waals surface area contributed by atoms with Crippen molar-refractivity contribution in [3.05, 3.63) is 30.0 Å². The quantitative estimate of drug-likeness (QED) is 0.578. The van der Waals surface area contributed by atoms with Crippen LogP contribution in [0.2, 0.25) is 0 Å². The first-order valence-electron chi connectivity index (χ1n) is 13.0. The molecule has 36 heavy (non-hydrogen) atoms. The van der Waals surface area contributed by atoms with Crippen LogP contribution in [0.1, 0.15) is 59.4 Å². The minimum Gasteiger partial charge on any atom is -0.480 e. The molecule has 3 spiro atoms. The molecule has 8 nitrogen and oxygen atoms in total. The molecule has 1 saturated carbocycles. The molecular weight excluding hydrogens is 458 g/mol. The van der Waals surface area contributed by atoms with Gasteiger partial charge in [0.05, 0.1) is 28.5 Å². The van der Waals surface area contributed by atoms with Gasteiger partial charge in [0.1, 0.15) is 11.1 Å². The summed E-state index contributed by atoms with van der Waals surface area (Å²) < 4.78 is 12.2. The number of piperazine rings is 1. The highest BCUT2D eigenvalue weighted by Crippen LogP contribution is 2.73. The number of benzene rings is 1. The van der Waals surface area contributed by atoms with Gasteiger partial charge in [-0.25, -0.2) is 0 Å². The van der Waals surface area contributed by atoms with Crippen LogP contribution in [0.3, 0.4) is 0 Å². The zero-order chi connectivity index (χ0) is 25.7. The van der Waals surface area contributed by atoms with Crippen molar-refractivity contribution < 1.29 is 24.2 Å². The summed E-state index contributed by atoms with van der Waals surface area (Å²) in [6.07, 6.45) is 5.16. The van der Waals surface area contributed by atoms with Gasteiger partial charge >= 0.3 is 0 Å². The molecule has 1 aromatic carbocycles. The second kappa shape index (κ2) is 6.10. The van der Waals surface area contributed by atoms with E-state index in [1.54, 1.807) is 6.26 Å². The fraction of sp³-hybridized carbons (Fsp3) is 0.643. The Hall–Kier alpha value is -2.58. The molecule has 8 rings (SSSR count). The number of nitrogens with one attached hydrogen (secondary N) is 1. The molecule has 1 aliphatic carbocycles. The zero-order valence-electron chi connectivity index (χ0n) is 21.9. The van der Waals surface area contributed by atoms with Gasteiger partial charge in [-0.2, -0.15) is 0 Å². The molecule has 192 valence electrons. The van der Waals surface area contributed by atoms with Crippen LogP contribution in [0.5, 0.6) is 11.5 Å². The Morgan fingerprint density at radius 2 is 1.89 bits per heavy atom. The second-order valence-electron chi connectivity index (χ2n) is 13.2. The number of carbonyl (C=O) groups excluding carboxylic acids is 2. The summed E-state index contributed by atoms with van der Waals surface area (Å²) in [6.45, 7) is 11.5. The first-order chi connectivity index (χ1) is 16.7. The van der Waals surface area contributed by atoms with E-state index >= 15 is 0 Å². The summed E-state index contributed by atoms with van der Waals surface area (Å²) in [5, 5.41) is 14.7. The molecule has 0 unspecified atom stereocenters. The normalized spacial score (nSPS) is 42.9. The van der Waals surface area contributed by atoms with Crippen molar-refractivity contribution in [3.63, 3.8) is 0 Å². The molecule has 2 bridgehead atoms. The van der Waals surface area contributed by atoms with E-state index in [1.807, 2.05) is 50.9 Å². The number of carbonyl (C=O) groups is 2. The van der Waals surface area contributed by atoms with Crippen LogP contribution in [0.15, 0.2) is 24.5 Å². The van der Waals surface area contributed by atoms with Crippen LogP contribution in [0.25, 0.3) is 0 Å². The van der Waals surface area contributed by atoms with Gasteiger partial charge in [0.15, 0.2) is 11.5 Å². The van der Waals surface area contributed by atoms with Crippen molar-refractivity contribution in [3.8, 4) is 11.5 Å². The average Bonchev–Trinajstić information content (AvgIpc) is 3.25. The van der Waals surface area contributed by atoms with Crippen LogP contribution < -0.4 is 14.8 Å². The van der Waals surface area contributed by atoms with E-state index in [4.69, 9.17) is 9.47 Å². The molecule has 0 radical (unpaired) electrons. The monoisotopic (exact) mass is 493 g/mol. The van der Waals surface area contributed by atoms with Crippen molar-refractivity contribution in [1.82, 2.24) is 9.80 Å². The van der Waals surface area contributed by atoms with Crippen LogP contribution >= 0.6 is 0 Å². The predicted octanol–water partition coefficient (Wildman–Crippen LogP) is 2.80. The fourth-order valence-corrected chi connectivity index (χ4v) is 9.04. The molecule has 6 aliphatic heterocycles. The zero-order valence-corrected chi connectivity index (χ0v) is 21.9. The van der Waals surface area contributed by atoms with Crippen LogP contribution in [-0.2, 0) is 15.0 Å². The Bertz CT molecular complexity index is 1280. The number of fused-ring (bicyclic) bond motifs is 5. The van der Waals surface area contributed by atoms with E-state index in [0.29, 0.717) is 49.5 Å². The third kappa shape index (κ3) is 2.15. The summed E-state index contributed by atoms with van der Waals surface area (Å²) in [7, 11) is 1.88. The number of hydrogen-bond acceptors (Lipinski definition) is 6. The lowest BCUT2D eigenvalue weighted by molar-refractivity contribution is -0.206. The number of nitrogens with zero attached hydrogens (tertiary/aromatic N) is 2. The van der Waals surface area contributed by atoms with E-state index in [-0.39, 0.29) is 17.7 Å². The van der Waals surface area contributed by atoms with Crippen molar-refractivity contribution >= 4 is 17.5 Å². The number of aliphatic hydroxyl groups is 1. The minimum atomic E-state index is -1.10. The summed E-state index contributed by atoms with van der Waals surface area (Å²) in [5.41, 5.74) is -2.82. The van der Waals surface area contributed by atoms with Crippen LogP contribution in [0, 0.1) is 11.3 Å². The lowest BCUT2D eigenvalue weighted by Gasteiger charge is -2.65. The molecule has 5 atom stereocenters. The van der Waals surface area contributed by atoms with Gasteiger partial charge in [-0.1, -0.05) is 19.9 Å². The Kier molecular flexibility index (Phi) is 3.83. The highest BCUT2D eigenvalue weighted by atomic mass is 16.5. The smallest absolute Gasteiger partial charge is 0.246 e. The van der Waals surface area contributed by atoms with E-state index < -0.39 is 33.1 Å². The largest absolute Gasteiger partial charge is 0.480 e. The van der Waals surface area contributed by atoms with Gasteiger partial charge in [-0.3, -0.25) is 14.5 Å². The molecule has 4 saturated heterocycles. The standard InChI is InChI=1S/C28H35N3O5/c1-23(2)10-12-35-20-17(36-23)8-7-16-19(20)29-21(32)27(16)14-26-15-31-11-9-25(5,34)28(31,22(33)30(26)6)13-18(26)24(27,3)4/h7-8,10,12,18,34H,9,11,13-15H2,1-6H3,(H,29,32)/t18-,25+,26+,27+,28+/m0/s1. The Labute approximate surface area is 211 Å². The molecule has 7 aliphatic rings. The first-order valence-corrected chi connectivity index (χ1v) is 13.0. The van der Waals surface area contributed by atoms with Crippen molar-refractivity contribution in [2.75, 3.05) is 25.5 Å². The predicted molar refractivity (Wildman–Crippen MR) is 133 cm³/mol. The molecule has 2 amide bonds.